The summed E-state index contributed by atoms with van der Waals surface area (Å²) in [7, 11) is 1.55. The standard InChI is InChI=1S/C23H20Cl2N2O2/c1-29-21-4-2-3-18(22(21)28)20-13-19(14-5-9-16(24)10-6-14)26-23(27-20)15-7-11-17(25)12-8-15/h2-12,20,23,27-28H,13H2,1H3/t20-,23+/m0/s1. The largest absolute Gasteiger partial charge is 0.504 e. The van der Waals surface area contributed by atoms with Crippen molar-refractivity contribution in [3.05, 3.63) is 93.5 Å². The van der Waals surface area contributed by atoms with Crippen LogP contribution < -0.4 is 10.1 Å². The number of aromatic hydroxyl groups is 1. The van der Waals surface area contributed by atoms with Gasteiger partial charge in [0, 0.05) is 33.8 Å². The molecule has 2 N–H and O–H groups in total. The summed E-state index contributed by atoms with van der Waals surface area (Å²) >= 11 is 12.1. The first-order chi connectivity index (χ1) is 14.0. The molecular weight excluding hydrogens is 407 g/mol. The van der Waals surface area contributed by atoms with Gasteiger partial charge in [0.1, 0.15) is 6.17 Å². The minimum absolute atomic E-state index is 0.139. The lowest BCUT2D eigenvalue weighted by Crippen LogP contribution is -2.33. The third kappa shape index (κ3) is 4.25. The summed E-state index contributed by atoms with van der Waals surface area (Å²) in [6.07, 6.45) is 0.342. The second kappa shape index (κ2) is 8.46. The van der Waals surface area contributed by atoms with E-state index in [2.05, 4.69) is 5.32 Å². The summed E-state index contributed by atoms with van der Waals surface area (Å²) in [5.74, 6) is 0.586. The van der Waals surface area contributed by atoms with E-state index in [4.69, 9.17) is 32.9 Å². The summed E-state index contributed by atoms with van der Waals surface area (Å²) in [5.41, 5.74) is 3.70. The van der Waals surface area contributed by atoms with E-state index in [1.54, 1.807) is 13.2 Å². The zero-order valence-electron chi connectivity index (χ0n) is 15.8. The van der Waals surface area contributed by atoms with Crippen LogP contribution in [-0.2, 0) is 0 Å². The maximum atomic E-state index is 10.7. The number of para-hydroxylation sites is 1. The number of aliphatic imine (C=N–C) groups is 1. The molecule has 2 atom stereocenters. The fourth-order valence-electron chi connectivity index (χ4n) is 3.52. The summed E-state index contributed by atoms with van der Waals surface area (Å²) in [5, 5.41) is 15.6. The lowest BCUT2D eigenvalue weighted by atomic mass is 9.93. The molecule has 0 spiro atoms. The number of methoxy groups -OCH3 is 1. The van der Waals surface area contributed by atoms with Crippen LogP contribution in [0.3, 0.4) is 0 Å². The van der Waals surface area contributed by atoms with E-state index in [-0.39, 0.29) is 18.0 Å². The quantitative estimate of drug-likeness (QED) is 0.543. The highest BCUT2D eigenvalue weighted by Crippen LogP contribution is 2.38. The Hall–Kier alpha value is -2.53. The van der Waals surface area contributed by atoms with Gasteiger partial charge in [-0.25, -0.2) is 0 Å². The van der Waals surface area contributed by atoms with Crippen LogP contribution in [0, 0.1) is 0 Å². The molecule has 6 heteroatoms. The molecule has 4 rings (SSSR count). The molecule has 0 bridgehead atoms. The van der Waals surface area contributed by atoms with Crippen LogP contribution in [0.4, 0.5) is 0 Å². The lowest BCUT2D eigenvalue weighted by Gasteiger charge is -2.31. The monoisotopic (exact) mass is 426 g/mol. The van der Waals surface area contributed by atoms with Crippen molar-refractivity contribution in [1.82, 2.24) is 5.32 Å². The van der Waals surface area contributed by atoms with Crippen LogP contribution in [-0.4, -0.2) is 17.9 Å². The van der Waals surface area contributed by atoms with Crippen molar-refractivity contribution in [2.45, 2.75) is 18.6 Å². The molecule has 0 saturated carbocycles. The molecule has 3 aromatic carbocycles. The van der Waals surface area contributed by atoms with Crippen LogP contribution in [0.5, 0.6) is 11.5 Å². The first kappa shape index (κ1) is 19.8. The minimum Gasteiger partial charge on any atom is -0.504 e. The topological polar surface area (TPSA) is 53.8 Å². The van der Waals surface area contributed by atoms with E-state index in [0.29, 0.717) is 22.2 Å². The third-order valence-electron chi connectivity index (χ3n) is 5.03. The summed E-state index contributed by atoms with van der Waals surface area (Å²) < 4.78 is 5.29. The molecule has 1 heterocycles. The van der Waals surface area contributed by atoms with E-state index < -0.39 is 0 Å². The van der Waals surface area contributed by atoms with Gasteiger partial charge in [0.15, 0.2) is 11.5 Å². The normalized spacial score (nSPS) is 18.9. The number of nitrogens with zero attached hydrogens (tertiary/aromatic N) is 1. The molecule has 3 aromatic rings. The fourth-order valence-corrected chi connectivity index (χ4v) is 3.78. The minimum atomic E-state index is -0.276. The molecule has 1 aliphatic heterocycles. The zero-order valence-corrected chi connectivity index (χ0v) is 17.3. The molecule has 0 aromatic heterocycles. The number of ether oxygens (including phenoxy) is 1. The summed E-state index contributed by atoms with van der Waals surface area (Å²) in [6, 6.07) is 20.6. The van der Waals surface area contributed by atoms with Crippen LogP contribution in [0.15, 0.2) is 71.7 Å². The van der Waals surface area contributed by atoms with Gasteiger partial charge in [-0.2, -0.15) is 0 Å². The number of halogens is 2. The van der Waals surface area contributed by atoms with Crippen LogP contribution >= 0.6 is 23.2 Å². The molecule has 0 fully saturated rings. The SMILES string of the molecule is COc1cccc([C@@H]2CC(c3ccc(Cl)cc3)=N[C@@H](c3ccc(Cl)cc3)N2)c1O. The number of benzene rings is 3. The Morgan fingerprint density at radius 3 is 2.28 bits per heavy atom. The van der Waals surface area contributed by atoms with Gasteiger partial charge in [-0.05, 0) is 41.5 Å². The number of phenols is 1. The first-order valence-electron chi connectivity index (χ1n) is 9.25. The van der Waals surface area contributed by atoms with Crippen molar-refractivity contribution < 1.29 is 9.84 Å². The summed E-state index contributed by atoms with van der Waals surface area (Å²) in [6.45, 7) is 0. The van der Waals surface area contributed by atoms with Crippen molar-refractivity contribution in [2.75, 3.05) is 7.11 Å². The van der Waals surface area contributed by atoms with E-state index >= 15 is 0 Å². The smallest absolute Gasteiger partial charge is 0.162 e. The number of rotatable bonds is 4. The van der Waals surface area contributed by atoms with Crippen molar-refractivity contribution in [3.63, 3.8) is 0 Å². The van der Waals surface area contributed by atoms with Gasteiger partial charge in [-0.15, -0.1) is 0 Å². The highest BCUT2D eigenvalue weighted by atomic mass is 35.5. The second-order valence-corrected chi connectivity index (χ2v) is 7.73. The number of phenolic OH excluding ortho intramolecular Hbond substituents is 1. The fraction of sp³-hybridized carbons (Fsp3) is 0.174. The van der Waals surface area contributed by atoms with Crippen molar-refractivity contribution in [3.8, 4) is 11.5 Å². The molecule has 0 radical (unpaired) electrons. The molecular formula is C23H20Cl2N2O2. The van der Waals surface area contributed by atoms with Gasteiger partial charge in [0.2, 0.25) is 0 Å². The Balaban J connectivity index is 1.76. The maximum absolute atomic E-state index is 10.7. The number of hydrogen-bond donors (Lipinski definition) is 2. The van der Waals surface area contributed by atoms with Gasteiger partial charge < -0.3 is 9.84 Å². The van der Waals surface area contributed by atoms with E-state index in [1.807, 2.05) is 60.7 Å². The average molecular weight is 427 g/mol. The first-order valence-corrected chi connectivity index (χ1v) is 10.0. The Morgan fingerprint density at radius 2 is 1.62 bits per heavy atom. The highest BCUT2D eigenvalue weighted by Gasteiger charge is 2.28. The van der Waals surface area contributed by atoms with E-state index in [9.17, 15) is 5.11 Å². The van der Waals surface area contributed by atoms with Crippen LogP contribution in [0.2, 0.25) is 10.0 Å². The van der Waals surface area contributed by atoms with E-state index in [1.165, 1.54) is 0 Å². The molecule has 0 amide bonds. The van der Waals surface area contributed by atoms with Crippen molar-refractivity contribution in [1.29, 1.82) is 0 Å². The molecule has 0 unspecified atom stereocenters. The van der Waals surface area contributed by atoms with Gasteiger partial charge in [0.05, 0.1) is 7.11 Å². The van der Waals surface area contributed by atoms with E-state index in [0.717, 1.165) is 22.4 Å². The molecule has 4 nitrogen and oxygen atoms in total. The second-order valence-electron chi connectivity index (χ2n) is 6.86. The Labute approximate surface area is 179 Å². The molecule has 1 aliphatic rings. The van der Waals surface area contributed by atoms with Gasteiger partial charge in [-0.3, -0.25) is 10.3 Å². The van der Waals surface area contributed by atoms with Gasteiger partial charge in [0.25, 0.3) is 0 Å². The Kier molecular flexibility index (Phi) is 5.76. The van der Waals surface area contributed by atoms with Crippen molar-refractivity contribution in [2.24, 2.45) is 4.99 Å². The number of hydrogen-bond acceptors (Lipinski definition) is 4. The highest BCUT2D eigenvalue weighted by molar-refractivity contribution is 6.30. The predicted octanol–water partition coefficient (Wildman–Crippen LogP) is 5.93. The van der Waals surface area contributed by atoms with Crippen LogP contribution in [0.1, 0.15) is 35.3 Å². The zero-order chi connectivity index (χ0) is 20.4. The van der Waals surface area contributed by atoms with Crippen LogP contribution in [0.25, 0.3) is 0 Å². The average Bonchev–Trinajstić information content (AvgIpc) is 2.74. The summed E-state index contributed by atoms with van der Waals surface area (Å²) in [4.78, 5) is 4.94. The molecule has 0 aliphatic carbocycles. The molecule has 0 saturated heterocycles. The van der Waals surface area contributed by atoms with Gasteiger partial charge >= 0.3 is 0 Å². The Morgan fingerprint density at radius 1 is 0.966 bits per heavy atom. The third-order valence-corrected chi connectivity index (χ3v) is 5.53. The lowest BCUT2D eigenvalue weighted by molar-refractivity contribution is 0.360. The molecule has 29 heavy (non-hydrogen) atoms. The predicted molar refractivity (Wildman–Crippen MR) is 117 cm³/mol. The molecule has 148 valence electrons. The Bertz CT molecular complexity index is 1030. The number of nitrogens with one attached hydrogen (secondary N) is 1. The van der Waals surface area contributed by atoms with Crippen molar-refractivity contribution >= 4 is 28.9 Å². The van der Waals surface area contributed by atoms with Gasteiger partial charge in [-0.1, -0.05) is 59.6 Å². The maximum Gasteiger partial charge on any atom is 0.162 e.